The van der Waals surface area contributed by atoms with Crippen molar-refractivity contribution in [1.29, 1.82) is 0 Å². The minimum Gasteiger partial charge on any atom is -0.406 e. The van der Waals surface area contributed by atoms with E-state index in [4.69, 9.17) is 0 Å². The molecule has 12 heteroatoms. The summed E-state index contributed by atoms with van der Waals surface area (Å²) in [7, 11) is 0. The van der Waals surface area contributed by atoms with Crippen LogP contribution in [0, 0.1) is 25.7 Å². The summed E-state index contributed by atoms with van der Waals surface area (Å²) >= 11 is 1.34. The number of hydrogen-bond donors (Lipinski definition) is 0. The molecule has 0 radical (unpaired) electrons. The van der Waals surface area contributed by atoms with Gasteiger partial charge in [0, 0.05) is 30.2 Å². The van der Waals surface area contributed by atoms with Crippen LogP contribution in [0.4, 0.5) is 13.2 Å². The molecule has 2 aromatic heterocycles. The first-order valence-corrected chi connectivity index (χ1v) is 12.5. The molecular formula is C24H27F3N6O2S. The Balaban J connectivity index is 1.66. The Hall–Kier alpha value is -3.15. The molecule has 3 aromatic rings. The largest absolute Gasteiger partial charge is 0.573 e. The number of aromatic nitrogens is 5. The van der Waals surface area contributed by atoms with E-state index in [0.29, 0.717) is 41.5 Å². The van der Waals surface area contributed by atoms with E-state index in [9.17, 15) is 18.0 Å². The van der Waals surface area contributed by atoms with Crippen molar-refractivity contribution in [2.45, 2.75) is 51.4 Å². The molecule has 192 valence electrons. The van der Waals surface area contributed by atoms with E-state index < -0.39 is 6.36 Å². The predicted octanol–water partition coefficient (Wildman–Crippen LogP) is 4.98. The second kappa shape index (κ2) is 10.5. The van der Waals surface area contributed by atoms with Crippen molar-refractivity contribution in [3.8, 4) is 11.4 Å². The SMILES string of the molecule is Cc1cc(C)nc(SCc2c(C(=O)N3CC(C)CC(C)C3)nnn2-c2ccc(OC(F)(F)F)cc2)n1. The monoisotopic (exact) mass is 520 g/mol. The Morgan fingerprint density at radius 2 is 1.69 bits per heavy atom. The van der Waals surface area contributed by atoms with E-state index >= 15 is 0 Å². The maximum atomic E-state index is 13.5. The Labute approximate surface area is 211 Å². The van der Waals surface area contributed by atoms with Crippen molar-refractivity contribution in [2.75, 3.05) is 13.1 Å². The van der Waals surface area contributed by atoms with Crippen LogP contribution in [0.25, 0.3) is 5.69 Å². The van der Waals surface area contributed by atoms with Gasteiger partial charge in [-0.05, 0) is 62.4 Å². The van der Waals surface area contributed by atoms with Crippen molar-refractivity contribution < 1.29 is 22.7 Å². The molecule has 1 fully saturated rings. The Morgan fingerprint density at radius 3 is 2.28 bits per heavy atom. The number of rotatable bonds is 6. The Bertz CT molecular complexity index is 1200. The number of alkyl halides is 3. The summed E-state index contributed by atoms with van der Waals surface area (Å²) in [5, 5.41) is 8.95. The molecule has 0 aliphatic carbocycles. The highest BCUT2D eigenvalue weighted by Gasteiger charge is 2.32. The minimum atomic E-state index is -4.79. The quantitative estimate of drug-likeness (QED) is 0.335. The summed E-state index contributed by atoms with van der Waals surface area (Å²) in [6.07, 6.45) is -3.74. The van der Waals surface area contributed by atoms with E-state index in [1.165, 1.54) is 40.7 Å². The molecule has 3 heterocycles. The molecule has 1 amide bonds. The van der Waals surface area contributed by atoms with Gasteiger partial charge in [0.25, 0.3) is 5.91 Å². The van der Waals surface area contributed by atoms with E-state index in [0.717, 1.165) is 17.8 Å². The van der Waals surface area contributed by atoms with Crippen LogP contribution in [0.15, 0.2) is 35.5 Å². The second-order valence-electron chi connectivity index (χ2n) is 9.22. The zero-order valence-electron chi connectivity index (χ0n) is 20.4. The third-order valence-corrected chi connectivity index (χ3v) is 6.59. The summed E-state index contributed by atoms with van der Waals surface area (Å²) in [5.41, 5.74) is 2.83. The number of thioether (sulfide) groups is 1. The summed E-state index contributed by atoms with van der Waals surface area (Å²) in [6, 6.07) is 7.15. The van der Waals surface area contributed by atoms with E-state index in [2.05, 4.69) is 38.9 Å². The first kappa shape index (κ1) is 25.9. The summed E-state index contributed by atoms with van der Waals surface area (Å²) < 4.78 is 43.1. The van der Waals surface area contributed by atoms with Crippen molar-refractivity contribution in [3.63, 3.8) is 0 Å². The smallest absolute Gasteiger partial charge is 0.406 e. The van der Waals surface area contributed by atoms with Gasteiger partial charge in [-0.25, -0.2) is 14.6 Å². The normalized spacial score (nSPS) is 18.4. The van der Waals surface area contributed by atoms with Gasteiger partial charge in [0.15, 0.2) is 10.9 Å². The molecule has 0 saturated carbocycles. The zero-order valence-corrected chi connectivity index (χ0v) is 21.2. The lowest BCUT2D eigenvalue weighted by molar-refractivity contribution is -0.274. The number of nitrogens with zero attached hydrogens (tertiary/aromatic N) is 6. The molecule has 4 rings (SSSR count). The highest BCUT2D eigenvalue weighted by molar-refractivity contribution is 7.98. The van der Waals surface area contributed by atoms with Crippen LogP contribution in [-0.4, -0.2) is 55.2 Å². The number of hydrogen-bond acceptors (Lipinski definition) is 7. The first-order chi connectivity index (χ1) is 17.0. The molecule has 2 unspecified atom stereocenters. The number of aryl methyl sites for hydroxylation is 2. The summed E-state index contributed by atoms with van der Waals surface area (Å²) in [6.45, 7) is 9.25. The fraction of sp³-hybridized carbons (Fsp3) is 0.458. The molecule has 0 spiro atoms. The lowest BCUT2D eigenvalue weighted by Gasteiger charge is -2.34. The van der Waals surface area contributed by atoms with Gasteiger partial charge in [-0.15, -0.1) is 18.3 Å². The van der Waals surface area contributed by atoms with Gasteiger partial charge in [0.1, 0.15) is 5.75 Å². The van der Waals surface area contributed by atoms with Crippen LogP contribution in [0.3, 0.4) is 0 Å². The number of carbonyl (C=O) groups excluding carboxylic acids is 1. The van der Waals surface area contributed by atoms with Crippen LogP contribution in [-0.2, 0) is 5.75 Å². The van der Waals surface area contributed by atoms with Crippen molar-refractivity contribution in [1.82, 2.24) is 29.9 Å². The number of benzene rings is 1. The van der Waals surface area contributed by atoms with Crippen LogP contribution < -0.4 is 4.74 Å². The lowest BCUT2D eigenvalue weighted by atomic mass is 9.91. The van der Waals surface area contributed by atoms with Crippen LogP contribution >= 0.6 is 11.8 Å². The number of halogens is 3. The standard InChI is InChI=1S/C24H27F3N6O2S/c1-14-9-15(2)12-32(11-14)22(34)21-20(13-36-23-28-16(3)10-17(4)29-23)33(31-30-21)18-5-7-19(8-6-18)35-24(25,26)27/h5-8,10,14-15H,9,11-13H2,1-4H3. The van der Waals surface area contributed by atoms with Gasteiger partial charge in [-0.2, -0.15) is 0 Å². The van der Waals surface area contributed by atoms with E-state index in [1.54, 1.807) is 4.90 Å². The Morgan fingerprint density at radius 1 is 1.08 bits per heavy atom. The number of piperidine rings is 1. The van der Waals surface area contributed by atoms with Crippen molar-refractivity contribution in [3.05, 3.63) is 53.1 Å². The fourth-order valence-electron chi connectivity index (χ4n) is 4.46. The van der Waals surface area contributed by atoms with Crippen molar-refractivity contribution >= 4 is 17.7 Å². The average molecular weight is 521 g/mol. The summed E-state index contributed by atoms with van der Waals surface area (Å²) in [4.78, 5) is 24.2. The molecule has 1 aromatic carbocycles. The van der Waals surface area contributed by atoms with Crippen LogP contribution in [0.1, 0.15) is 47.8 Å². The van der Waals surface area contributed by atoms with Crippen LogP contribution in [0.5, 0.6) is 5.75 Å². The minimum absolute atomic E-state index is 0.212. The maximum Gasteiger partial charge on any atom is 0.573 e. The molecule has 0 N–H and O–H groups in total. The van der Waals surface area contributed by atoms with Crippen LogP contribution in [0.2, 0.25) is 0 Å². The zero-order chi connectivity index (χ0) is 26.0. The second-order valence-corrected chi connectivity index (χ2v) is 10.2. The highest BCUT2D eigenvalue weighted by atomic mass is 32.2. The van der Waals surface area contributed by atoms with E-state index in [-0.39, 0.29) is 23.1 Å². The molecular weight excluding hydrogens is 493 g/mol. The molecule has 1 aliphatic heterocycles. The van der Waals surface area contributed by atoms with Gasteiger partial charge in [0.05, 0.1) is 11.4 Å². The maximum absolute atomic E-state index is 13.5. The highest BCUT2D eigenvalue weighted by Crippen LogP contribution is 2.28. The van der Waals surface area contributed by atoms with E-state index in [1.807, 2.05) is 19.9 Å². The number of ether oxygens (including phenoxy) is 1. The molecule has 2 atom stereocenters. The Kier molecular flexibility index (Phi) is 7.53. The number of likely N-dealkylation sites (tertiary alicyclic amines) is 1. The number of amides is 1. The fourth-order valence-corrected chi connectivity index (χ4v) is 5.41. The van der Waals surface area contributed by atoms with Gasteiger partial charge in [-0.1, -0.05) is 30.8 Å². The predicted molar refractivity (Wildman–Crippen MR) is 128 cm³/mol. The van der Waals surface area contributed by atoms with Gasteiger partial charge < -0.3 is 9.64 Å². The van der Waals surface area contributed by atoms with Gasteiger partial charge in [-0.3, -0.25) is 4.79 Å². The molecule has 1 aliphatic rings. The molecule has 0 bridgehead atoms. The molecule has 1 saturated heterocycles. The topological polar surface area (TPSA) is 86.0 Å². The first-order valence-electron chi connectivity index (χ1n) is 11.5. The lowest BCUT2D eigenvalue weighted by Crippen LogP contribution is -2.43. The third-order valence-electron chi connectivity index (χ3n) is 5.74. The average Bonchev–Trinajstić information content (AvgIpc) is 3.19. The van der Waals surface area contributed by atoms with Crippen molar-refractivity contribution in [2.24, 2.45) is 11.8 Å². The molecule has 8 nitrogen and oxygen atoms in total. The summed E-state index contributed by atoms with van der Waals surface area (Å²) in [5.74, 6) is 0.467. The van der Waals surface area contributed by atoms with Gasteiger partial charge in [0.2, 0.25) is 0 Å². The molecule has 36 heavy (non-hydrogen) atoms. The van der Waals surface area contributed by atoms with Gasteiger partial charge >= 0.3 is 6.36 Å². The third kappa shape index (κ3) is 6.34. The number of carbonyl (C=O) groups is 1.